The highest BCUT2D eigenvalue weighted by molar-refractivity contribution is 5.85. The Morgan fingerprint density at radius 1 is 0.778 bits per heavy atom. The molecule has 0 amide bonds. The van der Waals surface area contributed by atoms with Gasteiger partial charge in [0, 0.05) is 31.9 Å². The van der Waals surface area contributed by atoms with Crippen molar-refractivity contribution in [3.8, 4) is 0 Å². The minimum atomic E-state index is 0. The summed E-state index contributed by atoms with van der Waals surface area (Å²) >= 11 is 0. The molecule has 0 aromatic carbocycles. The summed E-state index contributed by atoms with van der Waals surface area (Å²) in [5.74, 6) is 0. The summed E-state index contributed by atoms with van der Waals surface area (Å²) in [6.45, 7) is 1.89. The zero-order valence-electron chi connectivity index (χ0n) is 14.3. The first-order valence-electron chi connectivity index (χ1n) is 7.88. The predicted octanol–water partition coefficient (Wildman–Crippen LogP) is 0.471. The van der Waals surface area contributed by atoms with E-state index in [1.807, 2.05) is 0 Å². The second-order valence-corrected chi connectivity index (χ2v) is 5.34. The highest BCUT2D eigenvalue weighted by atomic mass is 35.5. The Labute approximate surface area is 160 Å². The van der Waals surface area contributed by atoms with Crippen molar-refractivity contribution in [3.05, 3.63) is 48.3 Å². The van der Waals surface area contributed by atoms with Crippen LogP contribution in [0.15, 0.2) is 36.9 Å². The lowest BCUT2D eigenvalue weighted by Crippen LogP contribution is -2.23. The van der Waals surface area contributed by atoms with Crippen molar-refractivity contribution in [2.24, 2.45) is 0 Å². The number of pyridine rings is 2. The molecule has 4 aromatic rings. The number of aromatic nitrogens is 8. The zero-order chi connectivity index (χ0) is 18.2. The van der Waals surface area contributed by atoms with Crippen LogP contribution in [0.5, 0.6) is 0 Å². The highest BCUT2D eigenvalue weighted by Gasteiger charge is 2.10. The molecule has 4 aromatic heterocycles. The van der Waals surface area contributed by atoms with Gasteiger partial charge in [-0.25, -0.2) is 0 Å². The second-order valence-electron chi connectivity index (χ2n) is 5.34. The smallest absolute Gasteiger partial charge is 0.131 e. The van der Waals surface area contributed by atoms with Crippen molar-refractivity contribution in [2.75, 3.05) is 18.0 Å². The Hall–Kier alpha value is -3.31. The van der Waals surface area contributed by atoms with E-state index in [0.29, 0.717) is 11.4 Å². The van der Waals surface area contributed by atoms with Crippen LogP contribution in [0.4, 0.5) is 11.4 Å². The fraction of sp³-hybridized carbons (Fsp3) is 0.200. The summed E-state index contributed by atoms with van der Waals surface area (Å²) in [7, 11) is 0. The first-order chi connectivity index (χ1) is 12.7. The molecule has 0 bridgehead atoms. The molecule has 12 heteroatoms. The van der Waals surface area contributed by atoms with E-state index in [4.69, 9.17) is 11.5 Å². The normalized spacial score (nSPS) is 11.9. The molecule has 11 nitrogen and oxygen atoms in total. The molecule has 0 saturated heterocycles. The molecule has 0 aliphatic carbocycles. The van der Waals surface area contributed by atoms with Gasteiger partial charge in [0.1, 0.15) is 11.0 Å². The molecule has 7 N–H and O–H groups in total. The number of nitrogens with zero attached hydrogens (tertiary/aromatic N) is 6. The Balaban J connectivity index is 0.000000143. The number of rotatable bonds is 0. The molecule has 142 valence electrons. The maximum Gasteiger partial charge on any atom is 0.131 e. The number of hydrogen-bond donors (Lipinski definition) is 5. The molecule has 0 spiro atoms. The van der Waals surface area contributed by atoms with Gasteiger partial charge in [0.15, 0.2) is 0 Å². The SMILES string of the molecule is C1Cc2n[nH]nc2CN1.Cl.Nc1ccncc1N.c1cc2n[nH]nc2cn1. The number of anilines is 2. The Bertz CT molecular complexity index is 880. The molecule has 0 atom stereocenters. The Kier molecular flexibility index (Phi) is 7.40. The van der Waals surface area contributed by atoms with Gasteiger partial charge in [-0.05, 0) is 12.1 Å². The van der Waals surface area contributed by atoms with Crippen LogP contribution in [0.1, 0.15) is 11.4 Å². The van der Waals surface area contributed by atoms with E-state index < -0.39 is 0 Å². The van der Waals surface area contributed by atoms with Crippen LogP contribution in [-0.2, 0) is 13.0 Å². The van der Waals surface area contributed by atoms with E-state index in [-0.39, 0.29) is 12.4 Å². The van der Waals surface area contributed by atoms with Crippen molar-refractivity contribution in [1.82, 2.24) is 46.1 Å². The van der Waals surface area contributed by atoms with Crippen LogP contribution in [-0.4, -0.2) is 47.3 Å². The largest absolute Gasteiger partial charge is 0.397 e. The average molecular weight is 390 g/mol. The summed E-state index contributed by atoms with van der Waals surface area (Å²) in [6, 6.07) is 3.47. The van der Waals surface area contributed by atoms with Crippen molar-refractivity contribution in [3.63, 3.8) is 0 Å². The summed E-state index contributed by atoms with van der Waals surface area (Å²) < 4.78 is 0. The Morgan fingerprint density at radius 2 is 1.48 bits per heavy atom. The molecule has 5 rings (SSSR count). The van der Waals surface area contributed by atoms with Crippen LogP contribution in [0, 0.1) is 0 Å². The van der Waals surface area contributed by atoms with Crippen molar-refractivity contribution in [2.45, 2.75) is 13.0 Å². The molecule has 0 saturated carbocycles. The number of nitrogens with two attached hydrogens (primary N) is 2. The Morgan fingerprint density at radius 3 is 2.19 bits per heavy atom. The van der Waals surface area contributed by atoms with Gasteiger partial charge in [0.2, 0.25) is 0 Å². The summed E-state index contributed by atoms with van der Waals surface area (Å²) in [4.78, 5) is 7.60. The van der Waals surface area contributed by atoms with Crippen LogP contribution in [0.2, 0.25) is 0 Å². The van der Waals surface area contributed by atoms with Gasteiger partial charge < -0.3 is 16.8 Å². The summed E-state index contributed by atoms with van der Waals surface area (Å²) in [5.41, 5.74) is 15.7. The van der Waals surface area contributed by atoms with E-state index in [2.05, 4.69) is 46.1 Å². The van der Waals surface area contributed by atoms with E-state index in [1.54, 1.807) is 30.7 Å². The van der Waals surface area contributed by atoms with Crippen LogP contribution < -0.4 is 16.8 Å². The van der Waals surface area contributed by atoms with Gasteiger partial charge >= 0.3 is 0 Å². The molecule has 27 heavy (non-hydrogen) atoms. The van der Waals surface area contributed by atoms with Crippen molar-refractivity contribution < 1.29 is 0 Å². The summed E-state index contributed by atoms with van der Waals surface area (Å²) in [6.07, 6.45) is 7.48. The zero-order valence-corrected chi connectivity index (χ0v) is 15.1. The molecular formula is C15H20ClN11. The average Bonchev–Trinajstić information content (AvgIpc) is 3.34. The number of aromatic amines is 2. The maximum absolute atomic E-state index is 5.35. The molecular weight excluding hydrogens is 370 g/mol. The van der Waals surface area contributed by atoms with Gasteiger partial charge in [-0.15, -0.1) is 12.4 Å². The van der Waals surface area contributed by atoms with Crippen LogP contribution in [0.3, 0.4) is 0 Å². The lowest BCUT2D eigenvalue weighted by molar-refractivity contribution is 0.627. The fourth-order valence-corrected chi connectivity index (χ4v) is 2.14. The molecule has 0 fully saturated rings. The second kappa shape index (κ2) is 9.99. The number of H-pyrrole nitrogens is 2. The van der Waals surface area contributed by atoms with Gasteiger partial charge in [0.25, 0.3) is 0 Å². The minimum absolute atomic E-state index is 0. The van der Waals surface area contributed by atoms with Gasteiger partial charge in [-0.1, -0.05) is 0 Å². The van der Waals surface area contributed by atoms with Crippen LogP contribution in [0.25, 0.3) is 11.0 Å². The van der Waals surface area contributed by atoms with Gasteiger partial charge in [0.05, 0.1) is 35.2 Å². The fourth-order valence-electron chi connectivity index (χ4n) is 2.14. The topological polar surface area (TPSA) is 173 Å². The predicted molar refractivity (Wildman–Crippen MR) is 104 cm³/mol. The standard InChI is InChI=1S/C5H8N4.C5H4N4.C5H7N3.ClH/c2*1-2-6-3-5-4(1)7-9-8-5;6-4-1-2-8-3-5(4)7;/h6H,1-3H2,(H,7,8,9);1-3H,(H,7,8,9);1-3H,7H2,(H2,6,8);1H. The van der Waals surface area contributed by atoms with Crippen molar-refractivity contribution in [1.29, 1.82) is 0 Å². The number of nitrogens with one attached hydrogen (secondary N) is 3. The first-order valence-corrected chi connectivity index (χ1v) is 7.88. The van der Waals surface area contributed by atoms with E-state index >= 15 is 0 Å². The lowest BCUT2D eigenvalue weighted by Gasteiger charge is -2.07. The van der Waals surface area contributed by atoms with Gasteiger partial charge in [-0.2, -0.15) is 30.8 Å². The molecule has 0 unspecified atom stereocenters. The lowest BCUT2D eigenvalue weighted by atomic mass is 10.2. The third-order valence-corrected chi connectivity index (χ3v) is 3.54. The molecule has 1 aliphatic rings. The number of fused-ring (bicyclic) bond motifs is 2. The molecule has 0 radical (unpaired) electrons. The third kappa shape index (κ3) is 5.59. The molecule has 1 aliphatic heterocycles. The van der Waals surface area contributed by atoms with Crippen molar-refractivity contribution >= 4 is 34.8 Å². The summed E-state index contributed by atoms with van der Waals surface area (Å²) in [5, 5.41) is 23.9. The third-order valence-electron chi connectivity index (χ3n) is 3.54. The first kappa shape index (κ1) is 20.0. The van der Waals surface area contributed by atoms with Gasteiger partial charge in [-0.3, -0.25) is 9.97 Å². The van der Waals surface area contributed by atoms with E-state index in [0.717, 1.165) is 41.9 Å². The number of hydrogen-bond acceptors (Lipinski definition) is 9. The maximum atomic E-state index is 5.35. The van der Waals surface area contributed by atoms with E-state index in [9.17, 15) is 0 Å². The monoisotopic (exact) mass is 389 g/mol. The van der Waals surface area contributed by atoms with E-state index in [1.165, 1.54) is 6.20 Å². The van der Waals surface area contributed by atoms with Crippen LogP contribution >= 0.6 is 12.4 Å². The minimum Gasteiger partial charge on any atom is -0.397 e. The number of nitrogen functional groups attached to an aromatic ring is 2. The quantitative estimate of drug-likeness (QED) is 0.286. The molecule has 5 heterocycles. The number of halogens is 1. The highest BCUT2D eigenvalue weighted by Crippen LogP contribution is 2.08.